The lowest BCUT2D eigenvalue weighted by atomic mass is 9.57. The van der Waals surface area contributed by atoms with E-state index in [0.29, 0.717) is 5.41 Å². The largest absolute Gasteiger partial charge is 0.400 e. The van der Waals surface area contributed by atoms with E-state index in [1.54, 1.807) is 0 Å². The first-order valence-corrected chi connectivity index (χ1v) is 12.7. The van der Waals surface area contributed by atoms with Crippen LogP contribution in [-0.4, -0.2) is 25.8 Å². The maximum atomic E-state index is 6.13. The summed E-state index contributed by atoms with van der Waals surface area (Å²) in [4.78, 5) is 0. The molecule has 2 fully saturated rings. The molecule has 2 saturated carbocycles. The average Bonchev–Trinajstić information content (AvgIpc) is 2.79. The number of hydrogen-bond donors (Lipinski definition) is 0. The first-order chi connectivity index (χ1) is 9.45. The van der Waals surface area contributed by atoms with Gasteiger partial charge in [-0.05, 0) is 42.9 Å². The van der Waals surface area contributed by atoms with E-state index in [9.17, 15) is 0 Å². The Morgan fingerprint density at radius 3 is 2.15 bits per heavy atom. The summed E-state index contributed by atoms with van der Waals surface area (Å²) < 4.78 is 12.3. The van der Waals surface area contributed by atoms with Crippen LogP contribution >= 0.6 is 0 Å². The van der Waals surface area contributed by atoms with Crippen LogP contribution in [0.3, 0.4) is 0 Å². The molecule has 0 aromatic heterocycles. The Bertz CT molecular complexity index is 316. The molecule has 0 aliphatic heterocycles. The molecular weight excluding hydrogens is 280 g/mol. The molecule has 0 unspecified atom stereocenters. The SMILES string of the molecule is C[SiH2]OC(O[SiH2]C)C(C)(C)[C@H]1CCC[C@@]2(C)CCC[C@H]12. The minimum Gasteiger partial charge on any atom is -0.400 e. The van der Waals surface area contributed by atoms with Crippen molar-refractivity contribution >= 4 is 19.5 Å². The lowest BCUT2D eigenvalue weighted by molar-refractivity contribution is -0.134. The fourth-order valence-corrected chi connectivity index (χ4v) is 6.88. The maximum Gasteiger partial charge on any atom is 0.161 e. The maximum absolute atomic E-state index is 6.13. The summed E-state index contributed by atoms with van der Waals surface area (Å²) in [6.45, 7) is 11.8. The zero-order valence-electron chi connectivity index (χ0n) is 14.2. The zero-order chi connectivity index (χ0) is 14.8. The molecule has 2 aliphatic carbocycles. The first kappa shape index (κ1) is 16.7. The van der Waals surface area contributed by atoms with E-state index < -0.39 is 19.5 Å². The molecule has 0 N–H and O–H groups in total. The van der Waals surface area contributed by atoms with Crippen LogP contribution in [-0.2, 0) is 8.85 Å². The van der Waals surface area contributed by atoms with Crippen molar-refractivity contribution in [3.63, 3.8) is 0 Å². The Hall–Kier alpha value is 0.354. The third kappa shape index (κ3) is 3.08. The summed E-state index contributed by atoms with van der Waals surface area (Å²) in [6.07, 6.45) is 8.62. The number of hydrogen-bond acceptors (Lipinski definition) is 2. The Balaban J connectivity index is 2.18. The molecule has 0 spiro atoms. The third-order valence-electron chi connectivity index (χ3n) is 6.11. The zero-order valence-corrected chi connectivity index (χ0v) is 17.0. The van der Waals surface area contributed by atoms with Gasteiger partial charge in [0.1, 0.15) is 6.29 Å². The Labute approximate surface area is 130 Å². The molecule has 0 aromatic carbocycles. The molecule has 2 nitrogen and oxygen atoms in total. The van der Waals surface area contributed by atoms with Gasteiger partial charge in [0.05, 0.1) is 0 Å². The molecule has 118 valence electrons. The molecule has 0 bridgehead atoms. The van der Waals surface area contributed by atoms with Crippen molar-refractivity contribution in [1.82, 2.24) is 0 Å². The van der Waals surface area contributed by atoms with Crippen LogP contribution in [0.4, 0.5) is 0 Å². The van der Waals surface area contributed by atoms with Crippen LogP contribution in [0.2, 0.25) is 13.1 Å². The predicted octanol–water partition coefficient (Wildman–Crippen LogP) is 3.24. The standard InChI is InChI=1S/C16H34O2Si2/c1-15(2,14(17-19-4)18-20-5)12-8-6-10-16(3)11-7-9-13(12)16/h12-14H,6-11,19-20H2,1-5H3/t12-,13+,16-/m0/s1. The summed E-state index contributed by atoms with van der Waals surface area (Å²) in [6, 6.07) is 0. The molecule has 0 saturated heterocycles. The molecule has 2 rings (SSSR count). The second-order valence-electron chi connectivity index (χ2n) is 7.72. The lowest BCUT2D eigenvalue weighted by Gasteiger charge is -2.51. The van der Waals surface area contributed by atoms with Gasteiger partial charge in [0.2, 0.25) is 0 Å². The normalized spacial score (nSPS) is 37.0. The number of rotatable bonds is 6. The second-order valence-corrected chi connectivity index (χ2v) is 9.54. The molecule has 0 aromatic rings. The summed E-state index contributed by atoms with van der Waals surface area (Å²) in [5.74, 6) is 1.69. The van der Waals surface area contributed by atoms with Crippen LogP contribution in [0.25, 0.3) is 0 Å². The Morgan fingerprint density at radius 1 is 1.05 bits per heavy atom. The Kier molecular flexibility index (Phi) is 5.54. The van der Waals surface area contributed by atoms with Crippen molar-refractivity contribution < 1.29 is 8.85 Å². The van der Waals surface area contributed by atoms with Gasteiger partial charge in [-0.1, -0.05) is 46.7 Å². The topological polar surface area (TPSA) is 18.5 Å². The van der Waals surface area contributed by atoms with Crippen molar-refractivity contribution in [2.24, 2.45) is 22.7 Å². The minimum absolute atomic E-state index is 0.0729. The van der Waals surface area contributed by atoms with Gasteiger partial charge in [0.25, 0.3) is 0 Å². The fraction of sp³-hybridized carbons (Fsp3) is 1.00. The van der Waals surface area contributed by atoms with Crippen LogP contribution in [0.1, 0.15) is 59.3 Å². The highest BCUT2D eigenvalue weighted by Gasteiger charge is 2.52. The van der Waals surface area contributed by atoms with Crippen molar-refractivity contribution in [3.8, 4) is 0 Å². The van der Waals surface area contributed by atoms with Crippen LogP contribution in [0, 0.1) is 22.7 Å². The lowest BCUT2D eigenvalue weighted by Crippen LogP contribution is -2.48. The highest BCUT2D eigenvalue weighted by Crippen LogP contribution is 2.59. The molecule has 0 radical (unpaired) electrons. The molecular formula is C16H34O2Si2. The molecule has 0 heterocycles. The molecule has 20 heavy (non-hydrogen) atoms. The second kappa shape index (κ2) is 6.63. The van der Waals surface area contributed by atoms with Gasteiger partial charge < -0.3 is 8.85 Å². The predicted molar refractivity (Wildman–Crippen MR) is 91.3 cm³/mol. The number of fused-ring (bicyclic) bond motifs is 1. The van der Waals surface area contributed by atoms with Crippen molar-refractivity contribution in [2.75, 3.05) is 0 Å². The average molecular weight is 315 g/mol. The van der Waals surface area contributed by atoms with Crippen molar-refractivity contribution in [3.05, 3.63) is 0 Å². The highest BCUT2D eigenvalue weighted by atomic mass is 28.2. The smallest absolute Gasteiger partial charge is 0.161 e. The highest BCUT2D eigenvalue weighted by molar-refractivity contribution is 6.26. The fourth-order valence-electron chi connectivity index (χ4n) is 5.03. The van der Waals surface area contributed by atoms with Gasteiger partial charge in [-0.15, -0.1) is 0 Å². The van der Waals surface area contributed by atoms with Crippen molar-refractivity contribution in [2.45, 2.75) is 78.7 Å². The van der Waals surface area contributed by atoms with Crippen LogP contribution in [0.15, 0.2) is 0 Å². The van der Waals surface area contributed by atoms with Crippen molar-refractivity contribution in [1.29, 1.82) is 0 Å². The summed E-state index contributed by atoms with van der Waals surface area (Å²) >= 11 is 0. The van der Waals surface area contributed by atoms with Crippen LogP contribution < -0.4 is 0 Å². The quantitative estimate of drug-likeness (QED) is 0.553. The summed E-state index contributed by atoms with van der Waals surface area (Å²) in [7, 11) is -0.815. The van der Waals surface area contributed by atoms with Gasteiger partial charge in [-0.25, -0.2) is 0 Å². The van der Waals surface area contributed by atoms with E-state index >= 15 is 0 Å². The van der Waals surface area contributed by atoms with E-state index in [2.05, 4.69) is 33.9 Å². The molecule has 4 heteroatoms. The van der Waals surface area contributed by atoms with Gasteiger partial charge >= 0.3 is 0 Å². The summed E-state index contributed by atoms with van der Waals surface area (Å²) in [5, 5.41) is 0. The minimum atomic E-state index is -0.407. The third-order valence-corrected chi connectivity index (χ3v) is 7.38. The van der Waals surface area contributed by atoms with E-state index in [1.807, 2.05) is 0 Å². The van der Waals surface area contributed by atoms with Gasteiger partial charge in [0, 0.05) is 5.41 Å². The Morgan fingerprint density at radius 2 is 1.60 bits per heavy atom. The van der Waals surface area contributed by atoms with Gasteiger partial charge in [-0.3, -0.25) is 0 Å². The first-order valence-electron chi connectivity index (χ1n) is 8.69. The van der Waals surface area contributed by atoms with E-state index in [0.717, 1.165) is 11.8 Å². The van der Waals surface area contributed by atoms with Gasteiger partial charge in [0.15, 0.2) is 19.5 Å². The molecule has 2 aliphatic rings. The van der Waals surface area contributed by atoms with E-state index in [1.165, 1.54) is 38.5 Å². The summed E-state index contributed by atoms with van der Waals surface area (Å²) in [5.41, 5.74) is 0.792. The van der Waals surface area contributed by atoms with Gasteiger partial charge in [-0.2, -0.15) is 0 Å². The van der Waals surface area contributed by atoms with E-state index in [-0.39, 0.29) is 11.7 Å². The van der Waals surface area contributed by atoms with E-state index in [4.69, 9.17) is 8.85 Å². The molecule has 3 atom stereocenters. The van der Waals surface area contributed by atoms with Crippen LogP contribution in [0.5, 0.6) is 0 Å². The molecule has 0 amide bonds. The monoisotopic (exact) mass is 314 g/mol.